The zero-order valence-electron chi connectivity index (χ0n) is 10.2. The molecule has 0 amide bonds. The summed E-state index contributed by atoms with van der Waals surface area (Å²) in [5.74, 6) is 0. The number of nitrogens with zero attached hydrogens (tertiary/aromatic N) is 2. The lowest BCUT2D eigenvalue weighted by atomic mass is 10.2. The summed E-state index contributed by atoms with van der Waals surface area (Å²) in [6.07, 6.45) is 4.41. The van der Waals surface area contributed by atoms with E-state index in [1.54, 1.807) is 0 Å². The monoisotopic (exact) mass is 231 g/mol. The molecule has 1 fully saturated rings. The molecule has 1 N–H and O–H groups in total. The molecule has 4 nitrogen and oxygen atoms in total. The van der Waals surface area contributed by atoms with Crippen molar-refractivity contribution in [2.45, 2.75) is 26.1 Å². The van der Waals surface area contributed by atoms with Crippen molar-refractivity contribution < 1.29 is 4.74 Å². The van der Waals surface area contributed by atoms with E-state index in [9.17, 15) is 0 Å². The van der Waals surface area contributed by atoms with Crippen LogP contribution >= 0.6 is 0 Å². The Bertz CT molecular complexity index is 512. The van der Waals surface area contributed by atoms with Gasteiger partial charge in [0.2, 0.25) is 0 Å². The average Bonchev–Trinajstić information content (AvgIpc) is 2.74. The molecule has 0 aromatic carbocycles. The van der Waals surface area contributed by atoms with E-state index in [4.69, 9.17) is 4.74 Å². The van der Waals surface area contributed by atoms with Crippen molar-refractivity contribution in [1.29, 1.82) is 0 Å². The maximum atomic E-state index is 5.74. The van der Waals surface area contributed by atoms with Gasteiger partial charge in [0.1, 0.15) is 5.65 Å². The van der Waals surface area contributed by atoms with E-state index in [2.05, 4.69) is 40.8 Å². The van der Waals surface area contributed by atoms with Gasteiger partial charge in [0.05, 0.1) is 24.1 Å². The summed E-state index contributed by atoms with van der Waals surface area (Å²) in [6.45, 7) is 6.10. The molecule has 1 saturated heterocycles. The van der Waals surface area contributed by atoms with Gasteiger partial charge < -0.3 is 14.6 Å². The van der Waals surface area contributed by atoms with Crippen LogP contribution in [-0.2, 0) is 4.74 Å². The summed E-state index contributed by atoms with van der Waals surface area (Å²) >= 11 is 0. The Morgan fingerprint density at radius 3 is 2.88 bits per heavy atom. The third kappa shape index (κ3) is 2.00. The second-order valence-electron chi connectivity index (χ2n) is 4.77. The minimum Gasteiger partial charge on any atom is -0.372 e. The number of fused-ring (bicyclic) bond motifs is 1. The highest BCUT2D eigenvalue weighted by Gasteiger charge is 2.22. The lowest BCUT2D eigenvalue weighted by molar-refractivity contribution is -0.00522. The molecule has 2 aromatic rings. The minimum atomic E-state index is 0.278. The van der Waals surface area contributed by atoms with E-state index in [1.165, 1.54) is 5.69 Å². The van der Waals surface area contributed by atoms with Gasteiger partial charge in [-0.05, 0) is 26.0 Å². The smallest absolute Gasteiger partial charge is 0.137 e. The van der Waals surface area contributed by atoms with Gasteiger partial charge in [-0.25, -0.2) is 4.98 Å². The van der Waals surface area contributed by atoms with Crippen LogP contribution in [0.15, 0.2) is 24.5 Å². The molecule has 0 bridgehead atoms. The Morgan fingerprint density at radius 2 is 2.12 bits per heavy atom. The van der Waals surface area contributed by atoms with E-state index in [1.807, 2.05) is 12.4 Å². The van der Waals surface area contributed by atoms with Gasteiger partial charge in [-0.2, -0.15) is 0 Å². The summed E-state index contributed by atoms with van der Waals surface area (Å²) in [5.41, 5.74) is 2.13. The van der Waals surface area contributed by atoms with Crippen LogP contribution < -0.4 is 4.90 Å². The quantitative estimate of drug-likeness (QED) is 0.817. The predicted octanol–water partition coefficient (Wildman–Crippen LogP) is 2.18. The molecule has 90 valence electrons. The van der Waals surface area contributed by atoms with Crippen molar-refractivity contribution in [3.05, 3.63) is 24.5 Å². The van der Waals surface area contributed by atoms with Crippen LogP contribution in [0.5, 0.6) is 0 Å². The van der Waals surface area contributed by atoms with Gasteiger partial charge >= 0.3 is 0 Å². The van der Waals surface area contributed by atoms with Crippen molar-refractivity contribution in [2.24, 2.45) is 0 Å². The molecular weight excluding hydrogens is 214 g/mol. The van der Waals surface area contributed by atoms with Crippen LogP contribution in [0, 0.1) is 0 Å². The molecule has 17 heavy (non-hydrogen) atoms. The van der Waals surface area contributed by atoms with Crippen molar-refractivity contribution in [2.75, 3.05) is 18.0 Å². The van der Waals surface area contributed by atoms with E-state index in [0.29, 0.717) is 0 Å². The first-order chi connectivity index (χ1) is 8.22. The third-order valence-electron chi connectivity index (χ3n) is 3.17. The lowest BCUT2D eigenvalue weighted by Crippen LogP contribution is -2.45. The average molecular weight is 231 g/mol. The highest BCUT2D eigenvalue weighted by atomic mass is 16.5. The molecule has 3 heterocycles. The molecule has 3 rings (SSSR count). The van der Waals surface area contributed by atoms with E-state index in [0.717, 1.165) is 24.1 Å². The zero-order chi connectivity index (χ0) is 11.8. The zero-order valence-corrected chi connectivity index (χ0v) is 10.2. The summed E-state index contributed by atoms with van der Waals surface area (Å²) < 4.78 is 5.74. The molecule has 0 saturated carbocycles. The Kier molecular flexibility index (Phi) is 2.52. The highest BCUT2D eigenvalue weighted by molar-refractivity contribution is 5.79. The molecule has 0 spiro atoms. The molecule has 1 aliphatic heterocycles. The third-order valence-corrected chi connectivity index (χ3v) is 3.17. The van der Waals surface area contributed by atoms with Crippen molar-refractivity contribution in [3.8, 4) is 0 Å². The first kappa shape index (κ1) is 10.6. The lowest BCUT2D eigenvalue weighted by Gasteiger charge is -2.36. The van der Waals surface area contributed by atoms with Crippen LogP contribution in [-0.4, -0.2) is 35.3 Å². The Labute approximate surface area is 101 Å². The van der Waals surface area contributed by atoms with Crippen molar-refractivity contribution >= 4 is 16.7 Å². The summed E-state index contributed by atoms with van der Waals surface area (Å²) in [4.78, 5) is 9.89. The van der Waals surface area contributed by atoms with Crippen LogP contribution in [0.2, 0.25) is 0 Å². The van der Waals surface area contributed by atoms with Gasteiger partial charge in [0.15, 0.2) is 0 Å². The number of aromatic nitrogens is 2. The van der Waals surface area contributed by atoms with Crippen LogP contribution in [0.1, 0.15) is 13.8 Å². The molecule has 1 aliphatic rings. The van der Waals surface area contributed by atoms with E-state index in [-0.39, 0.29) is 12.2 Å². The van der Waals surface area contributed by atoms with E-state index >= 15 is 0 Å². The number of morpholine rings is 1. The van der Waals surface area contributed by atoms with Gasteiger partial charge in [0.25, 0.3) is 0 Å². The van der Waals surface area contributed by atoms with Crippen LogP contribution in [0.4, 0.5) is 5.69 Å². The molecule has 2 aromatic heterocycles. The minimum absolute atomic E-state index is 0.278. The standard InChI is InChI=1S/C13H17N3O/c1-9-7-16(8-10(2)17-9)12-5-11-3-4-14-13(11)15-6-12/h3-6,9-10H,7-8H2,1-2H3,(H,14,15). The first-order valence-electron chi connectivity index (χ1n) is 6.06. The molecule has 2 atom stereocenters. The fourth-order valence-corrected chi connectivity index (χ4v) is 2.49. The SMILES string of the molecule is CC1CN(c2cnc3[nH]ccc3c2)CC(C)O1. The van der Waals surface area contributed by atoms with Gasteiger partial charge in [-0.15, -0.1) is 0 Å². The number of pyridine rings is 1. The van der Waals surface area contributed by atoms with Crippen molar-refractivity contribution in [3.63, 3.8) is 0 Å². The Hall–Kier alpha value is -1.55. The predicted molar refractivity (Wildman–Crippen MR) is 68.3 cm³/mol. The molecular formula is C13H17N3O. The number of nitrogens with one attached hydrogen (secondary N) is 1. The maximum absolute atomic E-state index is 5.74. The number of hydrogen-bond acceptors (Lipinski definition) is 3. The molecule has 0 aliphatic carbocycles. The topological polar surface area (TPSA) is 41.2 Å². The molecule has 2 unspecified atom stereocenters. The second-order valence-corrected chi connectivity index (χ2v) is 4.77. The summed E-state index contributed by atoms with van der Waals surface area (Å²) in [7, 11) is 0. The summed E-state index contributed by atoms with van der Waals surface area (Å²) in [5, 5.41) is 1.16. The summed E-state index contributed by atoms with van der Waals surface area (Å²) in [6, 6.07) is 4.24. The fourth-order valence-electron chi connectivity index (χ4n) is 2.49. The number of aromatic amines is 1. The Balaban J connectivity index is 1.91. The number of H-pyrrole nitrogens is 1. The number of rotatable bonds is 1. The number of hydrogen-bond donors (Lipinski definition) is 1. The first-order valence-corrected chi connectivity index (χ1v) is 6.06. The second kappa shape index (κ2) is 4.04. The van der Waals surface area contributed by atoms with Crippen LogP contribution in [0.3, 0.4) is 0 Å². The normalized spacial score (nSPS) is 25.4. The number of anilines is 1. The van der Waals surface area contributed by atoms with Crippen molar-refractivity contribution in [1.82, 2.24) is 9.97 Å². The van der Waals surface area contributed by atoms with Crippen LogP contribution in [0.25, 0.3) is 11.0 Å². The largest absolute Gasteiger partial charge is 0.372 e. The van der Waals surface area contributed by atoms with E-state index < -0.39 is 0 Å². The Morgan fingerprint density at radius 1 is 1.35 bits per heavy atom. The molecule has 0 radical (unpaired) electrons. The fraction of sp³-hybridized carbons (Fsp3) is 0.462. The molecule has 4 heteroatoms. The number of ether oxygens (including phenoxy) is 1. The highest BCUT2D eigenvalue weighted by Crippen LogP contribution is 2.22. The van der Waals surface area contributed by atoms with Gasteiger partial charge in [0, 0.05) is 24.7 Å². The maximum Gasteiger partial charge on any atom is 0.137 e. The van der Waals surface area contributed by atoms with Gasteiger partial charge in [-0.1, -0.05) is 0 Å². The van der Waals surface area contributed by atoms with Gasteiger partial charge in [-0.3, -0.25) is 0 Å².